The van der Waals surface area contributed by atoms with Crippen LogP contribution in [0.1, 0.15) is 24.2 Å². The quantitative estimate of drug-likeness (QED) is 0.790. The van der Waals surface area contributed by atoms with Crippen LogP contribution in [0.5, 0.6) is 0 Å². The summed E-state index contributed by atoms with van der Waals surface area (Å²) in [4.78, 5) is 12.0. The van der Waals surface area contributed by atoms with E-state index in [0.717, 1.165) is 0 Å². The maximum atomic E-state index is 12.0. The van der Waals surface area contributed by atoms with Gasteiger partial charge in [0, 0.05) is 7.11 Å². The number of rotatable bonds is 4. The molecule has 120 valence electrons. The Kier molecular flexibility index (Phi) is 4.18. The van der Waals surface area contributed by atoms with Crippen molar-refractivity contribution in [3.05, 3.63) is 35.9 Å². The molecule has 22 heavy (non-hydrogen) atoms. The first kappa shape index (κ1) is 15.4. The van der Waals surface area contributed by atoms with E-state index in [-0.39, 0.29) is 18.8 Å². The van der Waals surface area contributed by atoms with E-state index in [1.807, 2.05) is 19.9 Å². The van der Waals surface area contributed by atoms with E-state index in [2.05, 4.69) is 0 Å². The maximum absolute atomic E-state index is 12.0. The van der Waals surface area contributed by atoms with Gasteiger partial charge in [0.15, 0.2) is 12.1 Å². The minimum Gasteiger partial charge on any atom is -0.459 e. The van der Waals surface area contributed by atoms with Crippen LogP contribution in [-0.4, -0.2) is 50.1 Å². The summed E-state index contributed by atoms with van der Waals surface area (Å²) in [6.07, 6.45) is -1.57. The van der Waals surface area contributed by atoms with Crippen molar-refractivity contribution in [1.29, 1.82) is 0 Å². The van der Waals surface area contributed by atoms with Gasteiger partial charge in [-0.3, -0.25) is 0 Å². The highest BCUT2D eigenvalue weighted by atomic mass is 16.8. The zero-order valence-corrected chi connectivity index (χ0v) is 12.9. The van der Waals surface area contributed by atoms with E-state index in [4.69, 9.17) is 23.7 Å². The maximum Gasteiger partial charge on any atom is 0.338 e. The van der Waals surface area contributed by atoms with Crippen molar-refractivity contribution in [2.75, 3.05) is 13.7 Å². The summed E-state index contributed by atoms with van der Waals surface area (Å²) in [5.41, 5.74) is 0.503. The van der Waals surface area contributed by atoms with Crippen LogP contribution >= 0.6 is 0 Å². The van der Waals surface area contributed by atoms with Gasteiger partial charge in [-0.1, -0.05) is 18.2 Å². The number of hydrogen-bond donors (Lipinski definition) is 0. The molecule has 2 heterocycles. The Hall–Kier alpha value is -1.47. The fraction of sp³-hybridized carbons (Fsp3) is 0.562. The first-order valence-electron chi connectivity index (χ1n) is 7.26. The lowest BCUT2D eigenvalue weighted by atomic mass is 10.1. The average molecular weight is 308 g/mol. The summed E-state index contributed by atoms with van der Waals surface area (Å²) in [5.74, 6) is -1.09. The van der Waals surface area contributed by atoms with Crippen LogP contribution in [0.4, 0.5) is 0 Å². The molecule has 4 atom stereocenters. The van der Waals surface area contributed by atoms with Crippen LogP contribution < -0.4 is 0 Å². The fourth-order valence-electron chi connectivity index (χ4n) is 2.78. The van der Waals surface area contributed by atoms with E-state index >= 15 is 0 Å². The number of carbonyl (C=O) groups excluding carboxylic acids is 1. The lowest BCUT2D eigenvalue weighted by Crippen LogP contribution is -2.38. The highest BCUT2D eigenvalue weighted by Crippen LogP contribution is 2.38. The molecule has 1 aromatic rings. The number of esters is 1. The Morgan fingerprint density at radius 2 is 1.95 bits per heavy atom. The van der Waals surface area contributed by atoms with Gasteiger partial charge in [0.2, 0.25) is 0 Å². The first-order chi connectivity index (χ1) is 10.5. The molecule has 1 aromatic carbocycles. The molecule has 0 radical (unpaired) electrons. The molecule has 0 spiro atoms. The second-order valence-electron chi connectivity index (χ2n) is 5.81. The smallest absolute Gasteiger partial charge is 0.338 e. The summed E-state index contributed by atoms with van der Waals surface area (Å²) >= 11 is 0. The average Bonchev–Trinajstić information content (AvgIpc) is 2.96. The molecule has 0 saturated carbocycles. The summed E-state index contributed by atoms with van der Waals surface area (Å²) in [6.45, 7) is 3.74. The number of benzene rings is 1. The highest BCUT2D eigenvalue weighted by molar-refractivity contribution is 5.89. The Morgan fingerprint density at radius 3 is 2.64 bits per heavy atom. The van der Waals surface area contributed by atoms with Gasteiger partial charge in [0.1, 0.15) is 24.9 Å². The molecule has 2 saturated heterocycles. The molecule has 2 aliphatic heterocycles. The zero-order chi connectivity index (χ0) is 15.7. The van der Waals surface area contributed by atoms with Gasteiger partial charge in [-0.15, -0.1) is 0 Å². The third kappa shape index (κ3) is 3.01. The molecule has 2 aliphatic rings. The van der Waals surface area contributed by atoms with Crippen molar-refractivity contribution < 1.29 is 28.5 Å². The zero-order valence-electron chi connectivity index (χ0n) is 12.9. The SMILES string of the molecule is CO[C@H]1C(COC(=O)c2ccccc2)O[C@@H]2OC(C)(C)O[C@@H]21. The second-order valence-corrected chi connectivity index (χ2v) is 5.81. The van der Waals surface area contributed by atoms with E-state index in [1.54, 1.807) is 31.4 Å². The number of methoxy groups -OCH3 is 1. The predicted molar refractivity (Wildman–Crippen MR) is 76.2 cm³/mol. The summed E-state index contributed by atoms with van der Waals surface area (Å²) < 4.78 is 28.0. The van der Waals surface area contributed by atoms with Crippen LogP contribution in [0.2, 0.25) is 0 Å². The molecule has 6 nitrogen and oxygen atoms in total. The Morgan fingerprint density at radius 1 is 1.23 bits per heavy atom. The van der Waals surface area contributed by atoms with Crippen molar-refractivity contribution in [3.63, 3.8) is 0 Å². The van der Waals surface area contributed by atoms with Gasteiger partial charge >= 0.3 is 5.97 Å². The monoisotopic (exact) mass is 308 g/mol. The molecule has 3 rings (SSSR count). The molecule has 1 unspecified atom stereocenters. The molecule has 0 amide bonds. The molecular formula is C16H20O6. The summed E-state index contributed by atoms with van der Waals surface area (Å²) in [5, 5.41) is 0. The van der Waals surface area contributed by atoms with Crippen molar-refractivity contribution in [3.8, 4) is 0 Å². The van der Waals surface area contributed by atoms with Gasteiger partial charge in [-0.2, -0.15) is 0 Å². The Bertz CT molecular complexity index is 529. The lowest BCUT2D eigenvalue weighted by Gasteiger charge is -2.24. The van der Waals surface area contributed by atoms with Crippen LogP contribution in [0, 0.1) is 0 Å². The normalized spacial score (nSPS) is 32.7. The van der Waals surface area contributed by atoms with Crippen molar-refractivity contribution in [2.45, 2.75) is 44.2 Å². The van der Waals surface area contributed by atoms with Crippen LogP contribution in [0.25, 0.3) is 0 Å². The van der Waals surface area contributed by atoms with Gasteiger partial charge in [0.25, 0.3) is 0 Å². The predicted octanol–water partition coefficient (Wildman–Crippen LogP) is 1.73. The fourth-order valence-corrected chi connectivity index (χ4v) is 2.78. The number of fused-ring (bicyclic) bond motifs is 1. The van der Waals surface area contributed by atoms with E-state index < -0.39 is 24.2 Å². The molecule has 2 fully saturated rings. The van der Waals surface area contributed by atoms with Crippen molar-refractivity contribution >= 4 is 5.97 Å². The van der Waals surface area contributed by atoms with E-state index in [9.17, 15) is 4.79 Å². The number of carbonyl (C=O) groups is 1. The molecule has 0 bridgehead atoms. The van der Waals surface area contributed by atoms with Crippen LogP contribution in [-0.2, 0) is 23.7 Å². The molecular weight excluding hydrogens is 288 g/mol. The highest BCUT2D eigenvalue weighted by Gasteiger charge is 2.55. The van der Waals surface area contributed by atoms with Gasteiger partial charge in [-0.05, 0) is 26.0 Å². The minimum atomic E-state index is -0.697. The lowest BCUT2D eigenvalue weighted by molar-refractivity contribution is -0.220. The topological polar surface area (TPSA) is 63.2 Å². The molecule has 0 aliphatic carbocycles. The molecule has 0 N–H and O–H groups in total. The van der Waals surface area contributed by atoms with E-state index in [0.29, 0.717) is 5.56 Å². The minimum absolute atomic E-state index is 0.0897. The van der Waals surface area contributed by atoms with Crippen LogP contribution in [0.3, 0.4) is 0 Å². The Balaban J connectivity index is 1.59. The molecule has 6 heteroatoms. The third-order valence-corrected chi connectivity index (χ3v) is 3.75. The standard InChI is InChI=1S/C16H20O6/c1-16(2)21-13-12(18-3)11(20-15(13)22-16)9-19-14(17)10-7-5-4-6-8-10/h4-8,11-13,15H,9H2,1-3H3/t11?,12-,13+,15+/m0/s1. The van der Waals surface area contributed by atoms with Gasteiger partial charge < -0.3 is 23.7 Å². The largest absolute Gasteiger partial charge is 0.459 e. The van der Waals surface area contributed by atoms with Crippen molar-refractivity contribution in [2.24, 2.45) is 0 Å². The summed E-state index contributed by atoms with van der Waals surface area (Å²) in [7, 11) is 1.58. The number of ether oxygens (including phenoxy) is 5. The Labute approximate surface area is 129 Å². The first-order valence-corrected chi connectivity index (χ1v) is 7.26. The van der Waals surface area contributed by atoms with E-state index in [1.165, 1.54) is 0 Å². The van der Waals surface area contributed by atoms with Crippen LogP contribution in [0.15, 0.2) is 30.3 Å². The third-order valence-electron chi connectivity index (χ3n) is 3.75. The van der Waals surface area contributed by atoms with Gasteiger partial charge in [-0.25, -0.2) is 4.79 Å². The summed E-state index contributed by atoms with van der Waals surface area (Å²) in [6, 6.07) is 8.82. The number of hydrogen-bond acceptors (Lipinski definition) is 6. The second kappa shape index (κ2) is 5.96. The van der Waals surface area contributed by atoms with Gasteiger partial charge in [0.05, 0.1) is 5.56 Å². The molecule has 0 aromatic heterocycles. The van der Waals surface area contributed by atoms with Crippen molar-refractivity contribution in [1.82, 2.24) is 0 Å².